The van der Waals surface area contributed by atoms with Crippen LogP contribution >= 0.6 is 27.5 Å². The van der Waals surface area contributed by atoms with Crippen LogP contribution in [0.1, 0.15) is 46.1 Å². The minimum Gasteiger partial charge on any atom is -0.497 e. The van der Waals surface area contributed by atoms with Crippen molar-refractivity contribution in [3.05, 3.63) is 92.2 Å². The summed E-state index contributed by atoms with van der Waals surface area (Å²) >= 11 is 9.87. The predicted octanol–water partition coefficient (Wildman–Crippen LogP) is 6.14. The fourth-order valence-corrected chi connectivity index (χ4v) is 4.69. The summed E-state index contributed by atoms with van der Waals surface area (Å²) < 4.78 is 20.1. The van der Waals surface area contributed by atoms with Crippen LogP contribution in [0, 0.1) is 5.82 Å². The molecule has 2 atom stereocenters. The van der Waals surface area contributed by atoms with Crippen molar-refractivity contribution in [3.63, 3.8) is 0 Å². The predicted molar refractivity (Wildman–Crippen MR) is 119 cm³/mol. The summed E-state index contributed by atoms with van der Waals surface area (Å²) in [5.41, 5.74) is 9.30. The van der Waals surface area contributed by atoms with Crippen LogP contribution in [0.25, 0.3) is 0 Å². The molecule has 1 heterocycles. The maximum atomic E-state index is 14.2. The average Bonchev–Trinajstić information content (AvgIpc) is 3.02. The molecule has 4 rings (SSSR count). The van der Waals surface area contributed by atoms with E-state index in [-0.39, 0.29) is 11.9 Å². The number of nitrogen functional groups attached to an aromatic ring is 1. The quantitative estimate of drug-likeness (QED) is 0.448. The molecule has 0 bridgehead atoms. The van der Waals surface area contributed by atoms with E-state index in [1.165, 1.54) is 18.2 Å². The van der Waals surface area contributed by atoms with Crippen LogP contribution in [-0.4, -0.2) is 17.9 Å². The Morgan fingerprint density at radius 1 is 1.17 bits per heavy atom. The van der Waals surface area contributed by atoms with Gasteiger partial charge in [0.25, 0.3) is 5.91 Å². The van der Waals surface area contributed by atoms with Gasteiger partial charge < -0.3 is 15.4 Å². The number of nitrogens with two attached hydrogens (primary N) is 1. The molecule has 3 aromatic carbocycles. The number of anilines is 1. The van der Waals surface area contributed by atoms with E-state index in [4.69, 9.17) is 22.1 Å². The van der Waals surface area contributed by atoms with Crippen molar-refractivity contribution in [2.75, 3.05) is 12.8 Å². The summed E-state index contributed by atoms with van der Waals surface area (Å²) in [6.45, 7) is 1.93. The number of fused-ring (bicyclic) bond motifs is 1. The molecule has 3 aromatic rings. The summed E-state index contributed by atoms with van der Waals surface area (Å²) in [4.78, 5) is 15.2. The number of benzene rings is 3. The Bertz CT molecular complexity index is 1140. The molecule has 30 heavy (non-hydrogen) atoms. The maximum absolute atomic E-state index is 14.2. The first-order valence-corrected chi connectivity index (χ1v) is 10.5. The topological polar surface area (TPSA) is 55.6 Å². The standard InChI is InChI=1S/C23H19BrClFN2O2/c1-12(13-3-6-16(30-2)7-4-13)28-22(17-11-15(26)5-8-19(17)25)21-18(23(28)29)9-14(24)10-20(21)27/h3-12,22H,27H2,1-2H3/t12-,22-/m0/s1. The minimum atomic E-state index is -0.610. The average molecular weight is 490 g/mol. The number of methoxy groups -OCH3 is 1. The molecular weight excluding hydrogens is 471 g/mol. The number of nitrogens with zero attached hydrogens (tertiary/aromatic N) is 1. The van der Waals surface area contributed by atoms with E-state index in [1.54, 1.807) is 24.1 Å². The molecule has 0 aromatic heterocycles. The van der Waals surface area contributed by atoms with E-state index < -0.39 is 11.9 Å². The summed E-state index contributed by atoms with van der Waals surface area (Å²) in [6.07, 6.45) is 0. The number of hydrogen-bond donors (Lipinski definition) is 1. The Kier molecular flexibility index (Phi) is 5.47. The fraction of sp³-hybridized carbons (Fsp3) is 0.174. The van der Waals surface area contributed by atoms with E-state index in [0.717, 1.165) is 11.3 Å². The zero-order chi connectivity index (χ0) is 21.6. The van der Waals surface area contributed by atoms with Crippen molar-refractivity contribution in [2.24, 2.45) is 0 Å². The third-order valence-corrected chi connectivity index (χ3v) is 6.26. The van der Waals surface area contributed by atoms with Gasteiger partial charge in [0.15, 0.2) is 0 Å². The number of ether oxygens (including phenoxy) is 1. The molecule has 0 saturated heterocycles. The number of hydrogen-bond acceptors (Lipinski definition) is 3. The first kappa shape index (κ1) is 20.7. The minimum absolute atomic E-state index is 0.188. The van der Waals surface area contributed by atoms with Crippen molar-refractivity contribution in [1.82, 2.24) is 4.90 Å². The van der Waals surface area contributed by atoms with Crippen molar-refractivity contribution in [3.8, 4) is 5.75 Å². The number of rotatable bonds is 4. The Labute approximate surface area is 187 Å². The van der Waals surface area contributed by atoms with Crippen LogP contribution in [-0.2, 0) is 0 Å². The van der Waals surface area contributed by atoms with Gasteiger partial charge >= 0.3 is 0 Å². The second kappa shape index (κ2) is 7.93. The first-order chi connectivity index (χ1) is 14.3. The normalized spacial score (nSPS) is 16.5. The lowest BCUT2D eigenvalue weighted by Crippen LogP contribution is -2.32. The molecule has 2 N–H and O–H groups in total. The number of carbonyl (C=O) groups is 1. The molecular formula is C23H19BrClFN2O2. The van der Waals surface area contributed by atoms with Gasteiger partial charge in [-0.3, -0.25) is 4.79 Å². The SMILES string of the molecule is COc1ccc([C@H](C)N2C(=O)c3cc(Br)cc(N)c3[C@@H]2c2cc(F)ccc2Cl)cc1. The van der Waals surface area contributed by atoms with Gasteiger partial charge in [-0.2, -0.15) is 0 Å². The van der Waals surface area contributed by atoms with Crippen LogP contribution in [0.2, 0.25) is 5.02 Å². The van der Waals surface area contributed by atoms with Gasteiger partial charge in [0.05, 0.1) is 19.2 Å². The molecule has 4 nitrogen and oxygen atoms in total. The maximum Gasteiger partial charge on any atom is 0.255 e. The number of amides is 1. The van der Waals surface area contributed by atoms with Crippen molar-refractivity contribution >= 4 is 39.1 Å². The van der Waals surface area contributed by atoms with E-state index in [9.17, 15) is 9.18 Å². The van der Waals surface area contributed by atoms with Gasteiger partial charge in [-0.1, -0.05) is 39.7 Å². The van der Waals surface area contributed by atoms with Gasteiger partial charge in [0.1, 0.15) is 11.6 Å². The van der Waals surface area contributed by atoms with Gasteiger partial charge in [0, 0.05) is 31.9 Å². The molecule has 0 radical (unpaired) electrons. The van der Waals surface area contributed by atoms with Crippen LogP contribution < -0.4 is 10.5 Å². The Morgan fingerprint density at radius 3 is 2.53 bits per heavy atom. The smallest absolute Gasteiger partial charge is 0.255 e. The highest BCUT2D eigenvalue weighted by Gasteiger charge is 2.43. The fourth-order valence-electron chi connectivity index (χ4n) is 3.99. The lowest BCUT2D eigenvalue weighted by atomic mass is 9.95. The van der Waals surface area contributed by atoms with E-state index in [1.807, 2.05) is 31.2 Å². The third-order valence-electron chi connectivity index (χ3n) is 5.46. The highest BCUT2D eigenvalue weighted by molar-refractivity contribution is 9.10. The summed E-state index contributed by atoms with van der Waals surface area (Å²) in [5.74, 6) is 0.106. The highest BCUT2D eigenvalue weighted by atomic mass is 79.9. The van der Waals surface area contributed by atoms with Crippen LogP contribution in [0.15, 0.2) is 59.1 Å². The molecule has 154 valence electrons. The summed E-state index contributed by atoms with van der Waals surface area (Å²) in [6, 6.07) is 14.2. The van der Waals surface area contributed by atoms with Gasteiger partial charge in [-0.25, -0.2) is 4.39 Å². The molecule has 0 aliphatic carbocycles. The number of halogens is 3. The lowest BCUT2D eigenvalue weighted by Gasteiger charge is -2.33. The van der Waals surface area contributed by atoms with Gasteiger partial charge in [-0.05, 0) is 55.0 Å². The zero-order valence-corrected chi connectivity index (χ0v) is 18.7. The largest absolute Gasteiger partial charge is 0.497 e. The molecule has 7 heteroatoms. The summed E-state index contributed by atoms with van der Waals surface area (Å²) in [7, 11) is 1.60. The van der Waals surface area contributed by atoms with Crippen LogP contribution in [0.3, 0.4) is 0 Å². The Hall–Kier alpha value is -2.57. The van der Waals surface area contributed by atoms with Crippen molar-refractivity contribution < 1.29 is 13.9 Å². The second-order valence-corrected chi connectivity index (χ2v) is 8.51. The van der Waals surface area contributed by atoms with Crippen LogP contribution in [0.5, 0.6) is 5.75 Å². The Morgan fingerprint density at radius 2 is 1.87 bits per heavy atom. The third kappa shape index (κ3) is 3.44. The molecule has 1 aliphatic heterocycles. The Balaban J connectivity index is 1.90. The molecule has 0 fully saturated rings. The van der Waals surface area contributed by atoms with Crippen molar-refractivity contribution in [1.29, 1.82) is 0 Å². The highest BCUT2D eigenvalue weighted by Crippen LogP contribution is 2.48. The molecule has 0 spiro atoms. The zero-order valence-electron chi connectivity index (χ0n) is 16.3. The summed E-state index contributed by atoms with van der Waals surface area (Å²) in [5, 5.41) is 0.372. The second-order valence-electron chi connectivity index (χ2n) is 7.19. The monoisotopic (exact) mass is 488 g/mol. The van der Waals surface area contributed by atoms with Gasteiger partial charge in [-0.15, -0.1) is 0 Å². The van der Waals surface area contributed by atoms with E-state index >= 15 is 0 Å². The molecule has 1 aliphatic rings. The van der Waals surface area contributed by atoms with Crippen molar-refractivity contribution in [2.45, 2.75) is 19.0 Å². The van der Waals surface area contributed by atoms with E-state index in [0.29, 0.717) is 31.9 Å². The van der Waals surface area contributed by atoms with Crippen LogP contribution in [0.4, 0.5) is 10.1 Å². The first-order valence-electron chi connectivity index (χ1n) is 9.32. The van der Waals surface area contributed by atoms with Gasteiger partial charge in [0.2, 0.25) is 0 Å². The molecule has 0 saturated carbocycles. The van der Waals surface area contributed by atoms with E-state index in [2.05, 4.69) is 15.9 Å². The molecule has 1 amide bonds. The lowest BCUT2D eigenvalue weighted by molar-refractivity contribution is 0.0676. The number of carbonyl (C=O) groups excluding carboxylic acids is 1. The molecule has 0 unspecified atom stereocenters.